The van der Waals surface area contributed by atoms with Crippen molar-refractivity contribution < 1.29 is 23.8 Å². The highest BCUT2D eigenvalue weighted by Crippen LogP contribution is 2.33. The summed E-state index contributed by atoms with van der Waals surface area (Å²) in [5.74, 6) is 1.61. The van der Waals surface area contributed by atoms with Crippen molar-refractivity contribution in [2.45, 2.75) is 19.4 Å². The Morgan fingerprint density at radius 2 is 1.70 bits per heavy atom. The zero-order valence-electron chi connectivity index (χ0n) is 18.5. The van der Waals surface area contributed by atoms with Crippen molar-refractivity contribution in [3.63, 3.8) is 0 Å². The van der Waals surface area contributed by atoms with Gasteiger partial charge in [0.15, 0.2) is 6.61 Å². The lowest BCUT2D eigenvalue weighted by molar-refractivity contribution is -0.118. The van der Waals surface area contributed by atoms with E-state index in [0.29, 0.717) is 42.4 Å². The van der Waals surface area contributed by atoms with Crippen LogP contribution in [-0.2, 0) is 16.2 Å². The normalized spacial score (nSPS) is 13.0. The van der Waals surface area contributed by atoms with Gasteiger partial charge in [0, 0.05) is 24.7 Å². The number of rotatable bonds is 9. The van der Waals surface area contributed by atoms with Crippen LogP contribution in [0.3, 0.4) is 0 Å². The summed E-state index contributed by atoms with van der Waals surface area (Å²) in [6, 6.07) is 22.3. The Bertz CT molecular complexity index is 1100. The number of methoxy groups -OCH3 is 1. The topological polar surface area (TPSA) is 77.1 Å². The van der Waals surface area contributed by atoms with Gasteiger partial charge in [0.2, 0.25) is 5.91 Å². The monoisotopic (exact) mass is 446 g/mol. The third-order valence-electron chi connectivity index (χ3n) is 5.27. The summed E-state index contributed by atoms with van der Waals surface area (Å²) in [6.07, 6.45) is 1.37. The van der Waals surface area contributed by atoms with Crippen molar-refractivity contribution in [2.24, 2.45) is 0 Å². The number of benzene rings is 3. The largest absolute Gasteiger partial charge is 0.494 e. The van der Waals surface area contributed by atoms with Gasteiger partial charge in [-0.1, -0.05) is 30.3 Å². The van der Waals surface area contributed by atoms with E-state index in [2.05, 4.69) is 5.32 Å². The van der Waals surface area contributed by atoms with Crippen LogP contribution in [0.15, 0.2) is 72.8 Å². The zero-order valence-corrected chi connectivity index (χ0v) is 18.5. The molecule has 0 aromatic heterocycles. The first-order chi connectivity index (χ1) is 16.1. The fourth-order valence-corrected chi connectivity index (χ4v) is 3.60. The first kappa shape index (κ1) is 22.2. The van der Waals surface area contributed by atoms with Gasteiger partial charge in [-0.3, -0.25) is 9.59 Å². The molecule has 0 aliphatic carbocycles. The number of nitrogens with one attached hydrogen (secondary N) is 1. The maximum atomic E-state index is 12.3. The minimum absolute atomic E-state index is 0.0787. The van der Waals surface area contributed by atoms with Crippen LogP contribution in [0.5, 0.6) is 17.2 Å². The SMILES string of the molecule is COc1cc(NC(=O)COc2ccc(OCc3ccccc3)cc2)ccc1N1CCCC1=O. The Kier molecular flexibility index (Phi) is 7.09. The van der Waals surface area contributed by atoms with E-state index in [1.54, 1.807) is 54.5 Å². The average molecular weight is 447 g/mol. The third-order valence-corrected chi connectivity index (χ3v) is 5.27. The van der Waals surface area contributed by atoms with E-state index in [1.807, 2.05) is 30.3 Å². The molecule has 1 saturated heterocycles. The van der Waals surface area contributed by atoms with Crippen molar-refractivity contribution >= 4 is 23.2 Å². The Labute approximate surface area is 192 Å². The van der Waals surface area contributed by atoms with Crippen molar-refractivity contribution in [3.05, 3.63) is 78.4 Å². The second kappa shape index (κ2) is 10.5. The van der Waals surface area contributed by atoms with Crippen LogP contribution in [-0.4, -0.2) is 32.1 Å². The lowest BCUT2D eigenvalue weighted by atomic mass is 10.2. The molecule has 1 N–H and O–H groups in total. The number of anilines is 2. The first-order valence-corrected chi connectivity index (χ1v) is 10.8. The molecule has 4 rings (SSSR count). The third kappa shape index (κ3) is 5.83. The Morgan fingerprint density at radius 3 is 2.36 bits per heavy atom. The van der Waals surface area contributed by atoms with E-state index >= 15 is 0 Å². The van der Waals surface area contributed by atoms with E-state index in [9.17, 15) is 9.59 Å². The number of carbonyl (C=O) groups is 2. The molecular weight excluding hydrogens is 420 g/mol. The fourth-order valence-electron chi connectivity index (χ4n) is 3.60. The Balaban J connectivity index is 1.28. The Hall–Kier alpha value is -4.00. The van der Waals surface area contributed by atoms with Crippen molar-refractivity contribution in [2.75, 3.05) is 30.5 Å². The molecule has 0 atom stereocenters. The standard InChI is InChI=1S/C26H26N2O5/c1-31-24-16-20(9-14-23(24)28-15-5-8-26(28)30)27-25(29)18-33-22-12-10-21(11-13-22)32-17-19-6-3-2-4-7-19/h2-4,6-7,9-14,16H,5,8,15,17-18H2,1H3,(H,27,29). The van der Waals surface area contributed by atoms with E-state index in [0.717, 1.165) is 17.7 Å². The second-order valence-corrected chi connectivity index (χ2v) is 7.62. The minimum Gasteiger partial charge on any atom is -0.494 e. The molecule has 3 aromatic rings. The van der Waals surface area contributed by atoms with E-state index in [4.69, 9.17) is 14.2 Å². The highest BCUT2D eigenvalue weighted by molar-refractivity contribution is 5.98. The minimum atomic E-state index is -0.300. The van der Waals surface area contributed by atoms with E-state index in [-0.39, 0.29) is 18.4 Å². The summed E-state index contributed by atoms with van der Waals surface area (Å²) >= 11 is 0. The number of amides is 2. The zero-order chi connectivity index (χ0) is 23.0. The molecule has 7 nitrogen and oxygen atoms in total. The van der Waals surface area contributed by atoms with Gasteiger partial charge >= 0.3 is 0 Å². The summed E-state index contributed by atoms with van der Waals surface area (Å²) in [5, 5.41) is 2.79. The Morgan fingerprint density at radius 1 is 0.970 bits per heavy atom. The molecule has 170 valence electrons. The smallest absolute Gasteiger partial charge is 0.262 e. The molecule has 1 fully saturated rings. The van der Waals surface area contributed by atoms with Crippen molar-refractivity contribution in [3.8, 4) is 17.2 Å². The van der Waals surface area contributed by atoms with Gasteiger partial charge in [-0.05, 0) is 48.4 Å². The van der Waals surface area contributed by atoms with Gasteiger partial charge in [-0.2, -0.15) is 0 Å². The molecule has 1 aliphatic rings. The van der Waals surface area contributed by atoms with Gasteiger partial charge in [0.25, 0.3) is 5.91 Å². The maximum absolute atomic E-state index is 12.3. The van der Waals surface area contributed by atoms with Crippen LogP contribution in [0, 0.1) is 0 Å². The van der Waals surface area contributed by atoms with Crippen LogP contribution < -0.4 is 24.4 Å². The summed E-state index contributed by atoms with van der Waals surface area (Å²) < 4.78 is 16.8. The molecular formula is C26H26N2O5. The summed E-state index contributed by atoms with van der Waals surface area (Å²) in [5.41, 5.74) is 2.37. The summed E-state index contributed by atoms with van der Waals surface area (Å²) in [7, 11) is 1.54. The number of ether oxygens (including phenoxy) is 3. The molecule has 1 heterocycles. The highest BCUT2D eigenvalue weighted by Gasteiger charge is 2.24. The molecule has 0 saturated carbocycles. The van der Waals surface area contributed by atoms with Gasteiger partial charge in [0.05, 0.1) is 12.8 Å². The van der Waals surface area contributed by atoms with Crippen molar-refractivity contribution in [1.82, 2.24) is 0 Å². The molecule has 1 aliphatic heterocycles. The number of hydrogen-bond donors (Lipinski definition) is 1. The quantitative estimate of drug-likeness (QED) is 0.527. The lowest BCUT2D eigenvalue weighted by Crippen LogP contribution is -2.24. The number of nitrogens with zero attached hydrogens (tertiary/aromatic N) is 1. The number of carbonyl (C=O) groups excluding carboxylic acids is 2. The predicted octanol–water partition coefficient (Wildman–Crippen LogP) is 4.42. The molecule has 33 heavy (non-hydrogen) atoms. The molecule has 2 amide bonds. The van der Waals surface area contributed by atoms with Gasteiger partial charge < -0.3 is 24.4 Å². The van der Waals surface area contributed by atoms with Gasteiger partial charge in [0.1, 0.15) is 23.9 Å². The van der Waals surface area contributed by atoms with Crippen LogP contribution in [0.4, 0.5) is 11.4 Å². The molecule has 7 heteroatoms. The first-order valence-electron chi connectivity index (χ1n) is 10.8. The molecule has 0 radical (unpaired) electrons. The average Bonchev–Trinajstić information content (AvgIpc) is 3.28. The van der Waals surface area contributed by atoms with Crippen LogP contribution in [0.25, 0.3) is 0 Å². The van der Waals surface area contributed by atoms with Crippen LogP contribution >= 0.6 is 0 Å². The lowest BCUT2D eigenvalue weighted by Gasteiger charge is -2.19. The van der Waals surface area contributed by atoms with Crippen LogP contribution in [0.2, 0.25) is 0 Å². The molecule has 0 bridgehead atoms. The molecule has 0 unspecified atom stereocenters. The maximum Gasteiger partial charge on any atom is 0.262 e. The van der Waals surface area contributed by atoms with Gasteiger partial charge in [-0.15, -0.1) is 0 Å². The van der Waals surface area contributed by atoms with Gasteiger partial charge in [-0.25, -0.2) is 0 Å². The fraction of sp³-hybridized carbons (Fsp3) is 0.231. The highest BCUT2D eigenvalue weighted by atomic mass is 16.5. The van der Waals surface area contributed by atoms with E-state index < -0.39 is 0 Å². The van der Waals surface area contributed by atoms with E-state index in [1.165, 1.54) is 0 Å². The van der Waals surface area contributed by atoms with Crippen LogP contribution in [0.1, 0.15) is 18.4 Å². The predicted molar refractivity (Wildman–Crippen MR) is 126 cm³/mol. The molecule has 0 spiro atoms. The number of hydrogen-bond acceptors (Lipinski definition) is 5. The second-order valence-electron chi connectivity index (χ2n) is 7.62. The summed E-state index contributed by atoms with van der Waals surface area (Å²) in [6.45, 7) is 1.02. The summed E-state index contributed by atoms with van der Waals surface area (Å²) in [4.78, 5) is 26.1. The van der Waals surface area contributed by atoms with Crippen molar-refractivity contribution in [1.29, 1.82) is 0 Å². The molecule has 3 aromatic carbocycles.